The predicted octanol–water partition coefficient (Wildman–Crippen LogP) is 0.666. The van der Waals surface area contributed by atoms with Crippen LogP contribution in [0.25, 0.3) is 0 Å². The Morgan fingerprint density at radius 3 is 2.85 bits per heavy atom. The van der Waals surface area contributed by atoms with Crippen LogP contribution in [0.1, 0.15) is 19.0 Å². The quantitative estimate of drug-likeness (QED) is 0.737. The van der Waals surface area contributed by atoms with E-state index >= 15 is 0 Å². The molecule has 0 aliphatic carbocycles. The zero-order valence-corrected chi connectivity index (χ0v) is 9.17. The van der Waals surface area contributed by atoms with Gasteiger partial charge in [-0.1, -0.05) is 18.1 Å². The van der Waals surface area contributed by atoms with Crippen LogP contribution < -0.4 is 5.73 Å². The standard InChI is InChI=1S/C8H11BrN4/c1-3-6(10)4-5-7-8(9)11-12-13(7)2/h6H,3,10H2,1-2H3. The van der Waals surface area contributed by atoms with Crippen LogP contribution in [0.5, 0.6) is 0 Å². The lowest BCUT2D eigenvalue weighted by atomic mass is 10.2. The number of halogens is 1. The number of aryl methyl sites for hydroxylation is 1. The Bertz CT molecular complexity index is 327. The summed E-state index contributed by atoms with van der Waals surface area (Å²) in [5, 5.41) is 7.60. The minimum absolute atomic E-state index is 0.0817. The SMILES string of the molecule is CCC(N)C#Cc1c(Br)nnn1C. The normalized spacial score (nSPS) is 12.0. The van der Waals surface area contributed by atoms with Crippen LogP contribution in [-0.4, -0.2) is 21.0 Å². The lowest BCUT2D eigenvalue weighted by Gasteiger charge is -1.95. The van der Waals surface area contributed by atoms with Crippen molar-refractivity contribution in [2.45, 2.75) is 19.4 Å². The second-order valence-electron chi connectivity index (χ2n) is 2.64. The van der Waals surface area contributed by atoms with E-state index in [1.165, 1.54) is 0 Å². The third-order valence-corrected chi connectivity index (χ3v) is 2.14. The molecule has 0 spiro atoms. The molecule has 1 aromatic heterocycles. The molecule has 1 heterocycles. The Balaban J connectivity index is 2.88. The van der Waals surface area contributed by atoms with Crippen molar-refractivity contribution in [3.8, 4) is 11.8 Å². The van der Waals surface area contributed by atoms with Crippen molar-refractivity contribution in [1.82, 2.24) is 15.0 Å². The van der Waals surface area contributed by atoms with E-state index in [0.717, 1.165) is 12.1 Å². The number of nitrogens with zero attached hydrogens (tertiary/aromatic N) is 3. The van der Waals surface area contributed by atoms with Crippen molar-refractivity contribution in [2.75, 3.05) is 0 Å². The highest BCUT2D eigenvalue weighted by Crippen LogP contribution is 2.09. The van der Waals surface area contributed by atoms with Crippen LogP contribution in [-0.2, 0) is 7.05 Å². The van der Waals surface area contributed by atoms with Gasteiger partial charge in [0.1, 0.15) is 5.69 Å². The first-order valence-corrected chi connectivity index (χ1v) is 4.76. The van der Waals surface area contributed by atoms with Gasteiger partial charge in [-0.25, -0.2) is 4.68 Å². The van der Waals surface area contributed by atoms with E-state index in [0.29, 0.717) is 4.60 Å². The molecule has 0 saturated carbocycles. The van der Waals surface area contributed by atoms with Crippen LogP contribution in [0.2, 0.25) is 0 Å². The Morgan fingerprint density at radius 2 is 2.38 bits per heavy atom. The van der Waals surface area contributed by atoms with Crippen LogP contribution in [0.3, 0.4) is 0 Å². The Hall–Kier alpha value is -0.860. The number of hydrogen-bond acceptors (Lipinski definition) is 3. The topological polar surface area (TPSA) is 56.7 Å². The molecule has 2 N–H and O–H groups in total. The first kappa shape index (κ1) is 10.2. The lowest BCUT2D eigenvalue weighted by molar-refractivity contribution is 0.707. The molecule has 1 unspecified atom stereocenters. The van der Waals surface area contributed by atoms with Crippen molar-refractivity contribution in [3.63, 3.8) is 0 Å². The van der Waals surface area contributed by atoms with Crippen molar-refractivity contribution in [1.29, 1.82) is 0 Å². The number of nitrogens with two attached hydrogens (primary N) is 1. The second kappa shape index (κ2) is 4.40. The van der Waals surface area contributed by atoms with Gasteiger partial charge in [-0.05, 0) is 28.3 Å². The second-order valence-corrected chi connectivity index (χ2v) is 3.39. The number of hydrogen-bond donors (Lipinski definition) is 1. The average Bonchev–Trinajstić information content (AvgIpc) is 2.43. The molecule has 0 saturated heterocycles. The molecule has 1 aromatic rings. The predicted molar refractivity (Wildman–Crippen MR) is 53.8 cm³/mol. The van der Waals surface area contributed by atoms with Gasteiger partial charge in [0.15, 0.2) is 4.60 Å². The highest BCUT2D eigenvalue weighted by molar-refractivity contribution is 9.10. The van der Waals surface area contributed by atoms with Gasteiger partial charge in [0, 0.05) is 7.05 Å². The van der Waals surface area contributed by atoms with E-state index in [1.54, 1.807) is 11.7 Å². The van der Waals surface area contributed by atoms with Gasteiger partial charge in [0.2, 0.25) is 0 Å². The van der Waals surface area contributed by atoms with Gasteiger partial charge in [0.25, 0.3) is 0 Å². The van der Waals surface area contributed by atoms with Crippen LogP contribution in [0.15, 0.2) is 4.60 Å². The molecular formula is C8H11BrN4. The number of aromatic nitrogens is 3. The monoisotopic (exact) mass is 242 g/mol. The van der Waals surface area contributed by atoms with E-state index in [4.69, 9.17) is 5.73 Å². The van der Waals surface area contributed by atoms with Crippen molar-refractivity contribution in [2.24, 2.45) is 12.8 Å². The maximum absolute atomic E-state index is 5.65. The molecule has 0 aliphatic heterocycles. The van der Waals surface area contributed by atoms with Gasteiger partial charge in [-0.2, -0.15) is 0 Å². The smallest absolute Gasteiger partial charge is 0.164 e. The lowest BCUT2D eigenvalue weighted by Crippen LogP contribution is -2.15. The molecule has 13 heavy (non-hydrogen) atoms. The fourth-order valence-corrected chi connectivity index (χ4v) is 1.15. The molecule has 0 bridgehead atoms. The zero-order valence-electron chi connectivity index (χ0n) is 7.58. The van der Waals surface area contributed by atoms with E-state index in [9.17, 15) is 0 Å². The van der Waals surface area contributed by atoms with E-state index in [2.05, 4.69) is 38.1 Å². The van der Waals surface area contributed by atoms with Gasteiger partial charge >= 0.3 is 0 Å². The molecule has 4 nitrogen and oxygen atoms in total. The van der Waals surface area contributed by atoms with Crippen LogP contribution in [0, 0.1) is 11.8 Å². The molecule has 0 aromatic carbocycles. The summed E-state index contributed by atoms with van der Waals surface area (Å²) in [5.74, 6) is 5.84. The van der Waals surface area contributed by atoms with Crippen molar-refractivity contribution in [3.05, 3.63) is 10.3 Å². The molecular weight excluding hydrogens is 232 g/mol. The molecule has 0 amide bonds. The molecule has 5 heteroatoms. The van der Waals surface area contributed by atoms with Gasteiger partial charge < -0.3 is 5.73 Å². The van der Waals surface area contributed by atoms with E-state index in [1.807, 2.05) is 6.92 Å². The largest absolute Gasteiger partial charge is 0.318 e. The molecule has 1 rings (SSSR count). The van der Waals surface area contributed by atoms with E-state index in [-0.39, 0.29) is 6.04 Å². The van der Waals surface area contributed by atoms with Crippen molar-refractivity contribution >= 4 is 15.9 Å². The first-order chi connectivity index (χ1) is 6.15. The summed E-state index contributed by atoms with van der Waals surface area (Å²) in [6.45, 7) is 2.00. The highest BCUT2D eigenvalue weighted by Gasteiger charge is 2.03. The molecule has 70 valence electrons. The summed E-state index contributed by atoms with van der Waals surface area (Å²) in [6.07, 6.45) is 0.843. The summed E-state index contributed by atoms with van der Waals surface area (Å²) >= 11 is 3.25. The molecule has 0 aliphatic rings. The first-order valence-electron chi connectivity index (χ1n) is 3.97. The van der Waals surface area contributed by atoms with Crippen LogP contribution >= 0.6 is 15.9 Å². The van der Waals surface area contributed by atoms with E-state index < -0.39 is 0 Å². The maximum Gasteiger partial charge on any atom is 0.164 e. The minimum atomic E-state index is -0.0817. The summed E-state index contributed by atoms with van der Waals surface area (Å²) in [7, 11) is 1.79. The summed E-state index contributed by atoms with van der Waals surface area (Å²) < 4.78 is 2.27. The highest BCUT2D eigenvalue weighted by atomic mass is 79.9. The average molecular weight is 243 g/mol. The Morgan fingerprint density at radius 1 is 1.69 bits per heavy atom. The summed E-state index contributed by atoms with van der Waals surface area (Å²) in [5.41, 5.74) is 6.40. The van der Waals surface area contributed by atoms with Gasteiger partial charge in [-0.3, -0.25) is 0 Å². The zero-order chi connectivity index (χ0) is 9.84. The molecule has 0 fully saturated rings. The Labute approximate surface area is 85.6 Å². The summed E-state index contributed by atoms with van der Waals surface area (Å²) in [6, 6.07) is -0.0817. The third-order valence-electron chi connectivity index (χ3n) is 1.60. The minimum Gasteiger partial charge on any atom is -0.318 e. The van der Waals surface area contributed by atoms with Gasteiger partial charge in [-0.15, -0.1) is 5.10 Å². The maximum atomic E-state index is 5.65. The molecule has 0 radical (unpaired) electrons. The van der Waals surface area contributed by atoms with Crippen LogP contribution in [0.4, 0.5) is 0 Å². The Kier molecular flexibility index (Phi) is 3.46. The number of rotatable bonds is 1. The third kappa shape index (κ3) is 2.54. The van der Waals surface area contributed by atoms with Gasteiger partial charge in [0.05, 0.1) is 6.04 Å². The summed E-state index contributed by atoms with van der Waals surface area (Å²) in [4.78, 5) is 0. The fraction of sp³-hybridized carbons (Fsp3) is 0.500. The van der Waals surface area contributed by atoms with Crippen molar-refractivity contribution < 1.29 is 0 Å². The molecule has 1 atom stereocenters. The fourth-order valence-electron chi connectivity index (χ4n) is 0.728.